The number of aryl methyl sites for hydroxylation is 2. The first-order valence-electron chi connectivity index (χ1n) is 6.76. The third-order valence-electron chi connectivity index (χ3n) is 3.97. The van der Waals surface area contributed by atoms with E-state index >= 15 is 0 Å². The molecule has 2 unspecified atom stereocenters. The Labute approximate surface area is 104 Å². The van der Waals surface area contributed by atoms with Gasteiger partial charge in [0.15, 0.2) is 0 Å². The summed E-state index contributed by atoms with van der Waals surface area (Å²) in [5, 5.41) is 15.1. The topological polar surface area (TPSA) is 38.0 Å². The molecule has 0 radical (unpaired) electrons. The molecule has 1 aliphatic rings. The summed E-state index contributed by atoms with van der Waals surface area (Å²) < 4.78 is 1.93. The van der Waals surface area contributed by atoms with Crippen molar-refractivity contribution in [1.82, 2.24) is 9.78 Å². The van der Waals surface area contributed by atoms with E-state index in [0.717, 1.165) is 37.8 Å². The van der Waals surface area contributed by atoms with Crippen molar-refractivity contribution < 1.29 is 5.11 Å². The van der Waals surface area contributed by atoms with Crippen LogP contribution in [0.5, 0.6) is 0 Å². The Hall–Kier alpha value is -0.830. The molecule has 0 bridgehead atoms. The number of hydrogen-bond donors (Lipinski definition) is 1. The Balaban J connectivity index is 2.10. The molecule has 1 aromatic rings. The van der Waals surface area contributed by atoms with Crippen LogP contribution in [0, 0.1) is 5.92 Å². The van der Waals surface area contributed by atoms with Crippen molar-refractivity contribution in [2.24, 2.45) is 13.0 Å². The maximum atomic E-state index is 10.7. The molecule has 0 amide bonds. The summed E-state index contributed by atoms with van der Waals surface area (Å²) in [6.07, 6.45) is 5.98. The van der Waals surface area contributed by atoms with E-state index in [-0.39, 0.29) is 0 Å². The fourth-order valence-corrected chi connectivity index (χ4v) is 3.04. The van der Waals surface area contributed by atoms with E-state index in [0.29, 0.717) is 5.92 Å². The molecule has 3 heteroatoms. The highest BCUT2D eigenvalue weighted by molar-refractivity contribution is 5.13. The van der Waals surface area contributed by atoms with Crippen molar-refractivity contribution in [3.8, 4) is 0 Å². The maximum Gasteiger partial charge on any atom is 0.0705 e. The molecule has 0 aliphatic heterocycles. The summed E-state index contributed by atoms with van der Waals surface area (Å²) in [5.41, 5.74) is 1.78. The summed E-state index contributed by atoms with van der Waals surface area (Å²) in [6.45, 7) is 4.36. The fourth-order valence-electron chi connectivity index (χ4n) is 3.04. The molecule has 1 fully saturated rings. The highest BCUT2D eigenvalue weighted by Crippen LogP contribution is 2.34. The third kappa shape index (κ3) is 2.89. The van der Waals surface area contributed by atoms with Gasteiger partial charge < -0.3 is 5.11 Å². The summed E-state index contributed by atoms with van der Waals surface area (Å²) in [7, 11) is 1.98. The zero-order chi connectivity index (χ0) is 12.5. The van der Waals surface area contributed by atoms with Crippen LogP contribution in [-0.4, -0.2) is 20.5 Å². The van der Waals surface area contributed by atoms with Gasteiger partial charge in [-0.15, -0.1) is 0 Å². The van der Waals surface area contributed by atoms with Crippen molar-refractivity contribution in [1.29, 1.82) is 0 Å². The van der Waals surface area contributed by atoms with Gasteiger partial charge in [-0.2, -0.15) is 5.10 Å². The van der Waals surface area contributed by atoms with Crippen LogP contribution in [0.3, 0.4) is 0 Å². The van der Waals surface area contributed by atoms with Crippen LogP contribution < -0.4 is 0 Å². The van der Waals surface area contributed by atoms with Gasteiger partial charge in [-0.25, -0.2) is 0 Å². The summed E-state index contributed by atoms with van der Waals surface area (Å²) >= 11 is 0. The lowest BCUT2D eigenvalue weighted by atomic mass is 9.76. The van der Waals surface area contributed by atoms with Crippen LogP contribution >= 0.6 is 0 Å². The summed E-state index contributed by atoms with van der Waals surface area (Å²) in [6, 6.07) is 2.14. The van der Waals surface area contributed by atoms with Crippen LogP contribution in [0.1, 0.15) is 50.9 Å². The molecule has 1 aromatic heterocycles. The molecule has 0 aromatic carbocycles. The van der Waals surface area contributed by atoms with Gasteiger partial charge in [0.1, 0.15) is 0 Å². The Morgan fingerprint density at radius 3 is 2.94 bits per heavy atom. The quantitative estimate of drug-likeness (QED) is 0.875. The molecular formula is C14H24N2O. The second-order valence-electron chi connectivity index (χ2n) is 5.71. The number of nitrogens with zero attached hydrogens (tertiary/aromatic N) is 2. The van der Waals surface area contributed by atoms with E-state index in [1.807, 2.05) is 11.7 Å². The van der Waals surface area contributed by atoms with Gasteiger partial charge in [-0.05, 0) is 31.2 Å². The SMILES string of the molecule is CCc1cc(CC2(O)CCCC(C)C2)n(C)n1. The molecule has 1 heterocycles. The second kappa shape index (κ2) is 4.81. The maximum absolute atomic E-state index is 10.7. The third-order valence-corrected chi connectivity index (χ3v) is 3.97. The van der Waals surface area contributed by atoms with E-state index in [4.69, 9.17) is 0 Å². The smallest absolute Gasteiger partial charge is 0.0705 e. The van der Waals surface area contributed by atoms with E-state index in [2.05, 4.69) is 25.0 Å². The molecular weight excluding hydrogens is 212 g/mol. The Morgan fingerprint density at radius 1 is 1.59 bits per heavy atom. The summed E-state index contributed by atoms with van der Waals surface area (Å²) in [4.78, 5) is 0. The molecule has 2 atom stereocenters. The molecule has 1 saturated carbocycles. The second-order valence-corrected chi connectivity index (χ2v) is 5.71. The van der Waals surface area contributed by atoms with Gasteiger partial charge in [0.2, 0.25) is 0 Å². The lowest BCUT2D eigenvalue weighted by Crippen LogP contribution is -2.37. The monoisotopic (exact) mass is 236 g/mol. The first-order chi connectivity index (χ1) is 8.02. The predicted molar refractivity (Wildman–Crippen MR) is 68.9 cm³/mol. The molecule has 96 valence electrons. The van der Waals surface area contributed by atoms with E-state index in [1.54, 1.807) is 0 Å². The molecule has 0 spiro atoms. The van der Waals surface area contributed by atoms with Crippen molar-refractivity contribution in [2.45, 2.75) is 58.0 Å². The van der Waals surface area contributed by atoms with Gasteiger partial charge in [0, 0.05) is 19.2 Å². The number of aromatic nitrogens is 2. The van der Waals surface area contributed by atoms with Gasteiger partial charge in [-0.3, -0.25) is 4.68 Å². The zero-order valence-electron chi connectivity index (χ0n) is 11.2. The van der Waals surface area contributed by atoms with Crippen LogP contribution in [-0.2, 0) is 19.9 Å². The van der Waals surface area contributed by atoms with Crippen molar-refractivity contribution in [3.63, 3.8) is 0 Å². The highest BCUT2D eigenvalue weighted by atomic mass is 16.3. The van der Waals surface area contributed by atoms with Gasteiger partial charge in [0.05, 0.1) is 11.3 Å². The number of rotatable bonds is 3. The first kappa shape index (κ1) is 12.6. The van der Waals surface area contributed by atoms with Crippen molar-refractivity contribution >= 4 is 0 Å². The lowest BCUT2D eigenvalue weighted by Gasteiger charge is -2.35. The average Bonchev–Trinajstić information content (AvgIpc) is 2.58. The number of hydrogen-bond acceptors (Lipinski definition) is 2. The molecule has 2 rings (SSSR count). The van der Waals surface area contributed by atoms with Crippen LogP contribution in [0.15, 0.2) is 6.07 Å². The molecule has 3 nitrogen and oxygen atoms in total. The minimum absolute atomic E-state index is 0.504. The number of aliphatic hydroxyl groups is 1. The van der Waals surface area contributed by atoms with E-state index < -0.39 is 5.60 Å². The van der Waals surface area contributed by atoms with Gasteiger partial charge in [0.25, 0.3) is 0 Å². The average molecular weight is 236 g/mol. The van der Waals surface area contributed by atoms with E-state index in [9.17, 15) is 5.11 Å². The Bertz CT molecular complexity index is 386. The molecule has 1 aliphatic carbocycles. The predicted octanol–water partition coefficient (Wildman–Crippen LogP) is 2.47. The fraction of sp³-hybridized carbons (Fsp3) is 0.786. The lowest BCUT2D eigenvalue weighted by molar-refractivity contribution is -0.0138. The molecule has 17 heavy (non-hydrogen) atoms. The standard InChI is InChI=1S/C14H24N2O/c1-4-12-8-13(16(3)15-12)10-14(17)7-5-6-11(2)9-14/h8,11,17H,4-7,9-10H2,1-3H3. The molecule has 0 saturated heterocycles. The largest absolute Gasteiger partial charge is 0.389 e. The first-order valence-corrected chi connectivity index (χ1v) is 6.76. The van der Waals surface area contributed by atoms with Crippen LogP contribution in [0.4, 0.5) is 0 Å². The molecule has 1 N–H and O–H groups in total. The van der Waals surface area contributed by atoms with Crippen LogP contribution in [0.25, 0.3) is 0 Å². The normalized spacial score (nSPS) is 29.5. The summed E-state index contributed by atoms with van der Waals surface area (Å²) in [5.74, 6) is 0.646. The zero-order valence-corrected chi connectivity index (χ0v) is 11.2. The Kier molecular flexibility index (Phi) is 3.57. The van der Waals surface area contributed by atoms with Crippen molar-refractivity contribution in [2.75, 3.05) is 0 Å². The minimum atomic E-state index is -0.504. The van der Waals surface area contributed by atoms with E-state index in [1.165, 1.54) is 12.1 Å². The highest BCUT2D eigenvalue weighted by Gasteiger charge is 2.33. The minimum Gasteiger partial charge on any atom is -0.389 e. The van der Waals surface area contributed by atoms with Gasteiger partial charge >= 0.3 is 0 Å². The van der Waals surface area contributed by atoms with Gasteiger partial charge in [-0.1, -0.05) is 26.7 Å². The van der Waals surface area contributed by atoms with Crippen LogP contribution in [0.2, 0.25) is 0 Å². The Morgan fingerprint density at radius 2 is 2.35 bits per heavy atom. The van der Waals surface area contributed by atoms with Crippen molar-refractivity contribution in [3.05, 3.63) is 17.5 Å².